The first-order chi connectivity index (χ1) is 8.85. The second-order valence-electron chi connectivity index (χ2n) is 4.86. The van der Waals surface area contributed by atoms with Crippen LogP contribution in [0.5, 0.6) is 0 Å². The molecule has 0 radical (unpaired) electrons. The third kappa shape index (κ3) is 3.29. The minimum atomic E-state index is 0.311. The maximum atomic E-state index is 5.34. The molecule has 102 valence electrons. The van der Waals surface area contributed by atoms with Crippen molar-refractivity contribution in [2.45, 2.75) is 45.6 Å². The number of piperazine rings is 1. The Morgan fingerprint density at radius 2 is 2.11 bits per heavy atom. The number of aryl methyl sites for hydroxylation is 1. The maximum Gasteiger partial charge on any atom is 0.226 e. The summed E-state index contributed by atoms with van der Waals surface area (Å²) in [6.45, 7) is 8.60. The zero-order valence-corrected chi connectivity index (χ0v) is 11.5. The summed E-state index contributed by atoms with van der Waals surface area (Å²) < 4.78 is 5.34. The highest BCUT2D eigenvalue weighted by molar-refractivity contribution is 4.96. The molecule has 1 unspecified atom stereocenters. The summed E-state index contributed by atoms with van der Waals surface area (Å²) in [5.74, 6) is 1.66. The Bertz CT molecular complexity index is 347. The summed E-state index contributed by atoms with van der Waals surface area (Å²) in [6.07, 6.45) is 4.22. The molecule has 0 aliphatic carbocycles. The Balaban J connectivity index is 1.99. The fourth-order valence-electron chi connectivity index (χ4n) is 2.43. The van der Waals surface area contributed by atoms with E-state index in [0.29, 0.717) is 6.04 Å². The standard InChI is InChI=1S/C13H24N4O/c1-3-5-6-12-15-13(16-18-12)11(4-2)17-9-7-14-8-10-17/h11,14H,3-10H2,1-2H3. The smallest absolute Gasteiger partial charge is 0.226 e. The zero-order valence-electron chi connectivity index (χ0n) is 11.5. The number of aromatic nitrogens is 2. The first-order valence-electron chi connectivity index (χ1n) is 7.12. The van der Waals surface area contributed by atoms with E-state index in [4.69, 9.17) is 4.52 Å². The molecule has 1 atom stereocenters. The van der Waals surface area contributed by atoms with Crippen LogP contribution in [0.15, 0.2) is 4.52 Å². The van der Waals surface area contributed by atoms with Crippen molar-refractivity contribution >= 4 is 0 Å². The van der Waals surface area contributed by atoms with Gasteiger partial charge >= 0.3 is 0 Å². The van der Waals surface area contributed by atoms with Crippen LogP contribution in [0.2, 0.25) is 0 Å². The molecule has 0 aromatic carbocycles. The predicted octanol–water partition coefficient (Wildman–Crippen LogP) is 1.77. The van der Waals surface area contributed by atoms with Gasteiger partial charge in [-0.3, -0.25) is 4.90 Å². The average Bonchev–Trinajstić information content (AvgIpc) is 2.87. The molecule has 5 heteroatoms. The summed E-state index contributed by atoms with van der Waals surface area (Å²) in [5.41, 5.74) is 0. The van der Waals surface area contributed by atoms with Gasteiger partial charge in [0.1, 0.15) is 0 Å². The van der Waals surface area contributed by atoms with Crippen molar-refractivity contribution in [2.24, 2.45) is 0 Å². The van der Waals surface area contributed by atoms with E-state index in [1.54, 1.807) is 0 Å². The van der Waals surface area contributed by atoms with Gasteiger partial charge in [-0.25, -0.2) is 0 Å². The van der Waals surface area contributed by atoms with Crippen LogP contribution in [0.1, 0.15) is 50.9 Å². The lowest BCUT2D eigenvalue weighted by molar-refractivity contribution is 0.160. The quantitative estimate of drug-likeness (QED) is 0.836. The third-order valence-electron chi connectivity index (χ3n) is 3.51. The fraction of sp³-hybridized carbons (Fsp3) is 0.846. The summed E-state index contributed by atoms with van der Waals surface area (Å²) in [4.78, 5) is 7.00. The number of nitrogens with one attached hydrogen (secondary N) is 1. The topological polar surface area (TPSA) is 54.2 Å². The number of hydrogen-bond acceptors (Lipinski definition) is 5. The Morgan fingerprint density at radius 3 is 2.78 bits per heavy atom. The van der Waals surface area contributed by atoms with E-state index in [9.17, 15) is 0 Å². The van der Waals surface area contributed by atoms with Crippen LogP contribution >= 0.6 is 0 Å². The zero-order chi connectivity index (χ0) is 12.8. The van der Waals surface area contributed by atoms with E-state index >= 15 is 0 Å². The molecule has 5 nitrogen and oxygen atoms in total. The molecular weight excluding hydrogens is 228 g/mol. The van der Waals surface area contributed by atoms with Crippen molar-refractivity contribution in [3.63, 3.8) is 0 Å². The van der Waals surface area contributed by atoms with Gasteiger partial charge in [-0.1, -0.05) is 25.4 Å². The number of rotatable bonds is 6. The van der Waals surface area contributed by atoms with E-state index in [0.717, 1.165) is 63.6 Å². The Morgan fingerprint density at radius 1 is 1.33 bits per heavy atom. The molecule has 1 aromatic heterocycles. The van der Waals surface area contributed by atoms with E-state index in [-0.39, 0.29) is 0 Å². The van der Waals surface area contributed by atoms with Crippen molar-refractivity contribution in [1.29, 1.82) is 0 Å². The minimum absolute atomic E-state index is 0.311. The van der Waals surface area contributed by atoms with Gasteiger partial charge in [0.05, 0.1) is 6.04 Å². The molecule has 2 rings (SSSR count). The Labute approximate surface area is 109 Å². The van der Waals surface area contributed by atoms with Crippen LogP contribution in [-0.4, -0.2) is 41.2 Å². The Hall–Kier alpha value is -0.940. The van der Waals surface area contributed by atoms with E-state index in [1.807, 2.05) is 0 Å². The molecule has 0 amide bonds. The molecule has 0 spiro atoms. The predicted molar refractivity (Wildman–Crippen MR) is 70.4 cm³/mol. The van der Waals surface area contributed by atoms with Crippen molar-refractivity contribution < 1.29 is 4.52 Å². The normalized spacial score (nSPS) is 19.0. The van der Waals surface area contributed by atoms with Crippen LogP contribution in [0, 0.1) is 0 Å². The second kappa shape index (κ2) is 6.85. The molecule has 1 aromatic rings. The number of nitrogens with zero attached hydrogens (tertiary/aromatic N) is 3. The first-order valence-corrected chi connectivity index (χ1v) is 7.12. The van der Waals surface area contributed by atoms with Gasteiger partial charge in [-0.15, -0.1) is 0 Å². The molecule has 0 bridgehead atoms. The van der Waals surface area contributed by atoms with Crippen molar-refractivity contribution in [3.05, 3.63) is 11.7 Å². The van der Waals surface area contributed by atoms with Gasteiger partial charge in [0.15, 0.2) is 5.82 Å². The van der Waals surface area contributed by atoms with Crippen LogP contribution < -0.4 is 5.32 Å². The van der Waals surface area contributed by atoms with Gasteiger partial charge in [-0.2, -0.15) is 4.98 Å². The first kappa shape index (κ1) is 13.5. The number of hydrogen-bond donors (Lipinski definition) is 1. The lowest BCUT2D eigenvalue weighted by atomic mass is 10.1. The van der Waals surface area contributed by atoms with Crippen molar-refractivity contribution in [3.8, 4) is 0 Å². The molecule has 0 saturated carbocycles. The summed E-state index contributed by atoms with van der Waals surface area (Å²) in [6, 6.07) is 0.311. The van der Waals surface area contributed by atoms with Gasteiger partial charge in [0, 0.05) is 32.6 Å². The Kier molecular flexibility index (Phi) is 5.13. The van der Waals surface area contributed by atoms with Gasteiger partial charge < -0.3 is 9.84 Å². The minimum Gasteiger partial charge on any atom is -0.339 e. The van der Waals surface area contributed by atoms with Crippen LogP contribution in [0.4, 0.5) is 0 Å². The molecule has 1 N–H and O–H groups in total. The third-order valence-corrected chi connectivity index (χ3v) is 3.51. The molecule has 1 aliphatic rings. The van der Waals surface area contributed by atoms with Gasteiger partial charge in [0.2, 0.25) is 5.89 Å². The average molecular weight is 252 g/mol. The largest absolute Gasteiger partial charge is 0.339 e. The van der Waals surface area contributed by atoms with Gasteiger partial charge in [-0.05, 0) is 12.8 Å². The van der Waals surface area contributed by atoms with Crippen molar-refractivity contribution in [1.82, 2.24) is 20.4 Å². The SMILES string of the molecule is CCCCc1nc(C(CC)N2CCNCC2)no1. The summed E-state index contributed by atoms with van der Waals surface area (Å²) in [5, 5.41) is 7.54. The van der Waals surface area contributed by atoms with Crippen LogP contribution in [0.25, 0.3) is 0 Å². The molecular formula is C13H24N4O. The lowest BCUT2D eigenvalue weighted by Crippen LogP contribution is -2.45. The number of unbranched alkanes of at least 4 members (excludes halogenated alkanes) is 1. The summed E-state index contributed by atoms with van der Waals surface area (Å²) >= 11 is 0. The molecule has 1 saturated heterocycles. The molecule has 18 heavy (non-hydrogen) atoms. The van der Waals surface area contributed by atoms with Crippen LogP contribution in [0.3, 0.4) is 0 Å². The van der Waals surface area contributed by atoms with E-state index < -0.39 is 0 Å². The maximum absolute atomic E-state index is 5.34. The van der Waals surface area contributed by atoms with Crippen LogP contribution in [-0.2, 0) is 6.42 Å². The fourth-order valence-corrected chi connectivity index (χ4v) is 2.43. The highest BCUT2D eigenvalue weighted by Gasteiger charge is 2.24. The van der Waals surface area contributed by atoms with Crippen molar-refractivity contribution in [2.75, 3.05) is 26.2 Å². The lowest BCUT2D eigenvalue weighted by Gasteiger charge is -2.32. The molecule has 1 aliphatic heterocycles. The summed E-state index contributed by atoms with van der Waals surface area (Å²) in [7, 11) is 0. The molecule has 2 heterocycles. The second-order valence-corrected chi connectivity index (χ2v) is 4.86. The van der Waals surface area contributed by atoms with E-state index in [1.165, 1.54) is 0 Å². The van der Waals surface area contributed by atoms with Gasteiger partial charge in [0.25, 0.3) is 0 Å². The highest BCUT2D eigenvalue weighted by atomic mass is 16.5. The van der Waals surface area contributed by atoms with E-state index in [2.05, 4.69) is 34.2 Å². The monoisotopic (exact) mass is 252 g/mol. The highest BCUT2D eigenvalue weighted by Crippen LogP contribution is 2.22. The molecule has 1 fully saturated rings.